The van der Waals surface area contributed by atoms with Crippen LogP contribution in [0.1, 0.15) is 12.7 Å². The second-order valence-corrected chi connectivity index (χ2v) is 2.70. The summed E-state index contributed by atoms with van der Waals surface area (Å²) in [4.78, 5) is 0. The molecule has 0 aliphatic rings. The fourth-order valence-corrected chi connectivity index (χ4v) is 0.817. The Labute approximate surface area is 68.9 Å². The average molecular weight is 201 g/mol. The molecule has 1 rings (SSSR count). The van der Waals surface area contributed by atoms with E-state index >= 15 is 0 Å². The number of alkyl halides is 1. The van der Waals surface area contributed by atoms with Gasteiger partial charge in [0.25, 0.3) is 0 Å². The van der Waals surface area contributed by atoms with Gasteiger partial charge in [-0.15, -0.1) is 0 Å². The largest absolute Gasteiger partial charge is 0.465 e. The van der Waals surface area contributed by atoms with Gasteiger partial charge < -0.3 is 4.42 Å². The van der Waals surface area contributed by atoms with E-state index in [-0.39, 0.29) is 0 Å². The van der Waals surface area contributed by atoms with Crippen LogP contribution in [-0.4, -0.2) is 5.33 Å². The molecular weight excluding hydrogens is 192 g/mol. The van der Waals surface area contributed by atoms with Gasteiger partial charge in [0, 0.05) is 5.33 Å². The molecule has 0 aliphatic heterocycles. The minimum Gasteiger partial charge on any atom is -0.465 e. The predicted octanol–water partition coefficient (Wildman–Crippen LogP) is 3.08. The second kappa shape index (κ2) is 3.62. The zero-order chi connectivity index (χ0) is 7.40. The molecule has 10 heavy (non-hydrogen) atoms. The highest BCUT2D eigenvalue weighted by Crippen LogP contribution is 2.08. The van der Waals surface area contributed by atoms with Crippen molar-refractivity contribution in [3.05, 3.63) is 29.7 Å². The van der Waals surface area contributed by atoms with Crippen molar-refractivity contribution in [2.45, 2.75) is 6.92 Å². The highest BCUT2D eigenvalue weighted by molar-refractivity contribution is 9.09. The van der Waals surface area contributed by atoms with Gasteiger partial charge in [0.15, 0.2) is 0 Å². The molecule has 0 bridgehead atoms. The van der Waals surface area contributed by atoms with Crippen LogP contribution < -0.4 is 0 Å². The fraction of sp³-hybridized carbons (Fsp3) is 0.250. The van der Waals surface area contributed by atoms with E-state index in [1.54, 1.807) is 6.26 Å². The van der Waals surface area contributed by atoms with Crippen LogP contribution in [0.5, 0.6) is 0 Å². The number of halogens is 1. The molecule has 0 aromatic carbocycles. The molecule has 54 valence electrons. The number of hydrogen-bond acceptors (Lipinski definition) is 1. The summed E-state index contributed by atoms with van der Waals surface area (Å²) in [6.45, 7) is 2.05. The van der Waals surface area contributed by atoms with Crippen LogP contribution in [0.15, 0.2) is 28.4 Å². The highest BCUT2D eigenvalue weighted by atomic mass is 79.9. The third kappa shape index (κ3) is 2.03. The molecule has 0 spiro atoms. The van der Waals surface area contributed by atoms with E-state index in [0.717, 1.165) is 11.1 Å². The maximum absolute atomic E-state index is 5.11. The Bertz CT molecular complexity index is 211. The lowest BCUT2D eigenvalue weighted by atomic mass is 10.3. The van der Waals surface area contributed by atoms with Crippen molar-refractivity contribution in [3.63, 3.8) is 0 Å². The van der Waals surface area contributed by atoms with E-state index in [0.29, 0.717) is 0 Å². The third-order valence-corrected chi connectivity index (χ3v) is 2.03. The average Bonchev–Trinajstić information content (AvgIpc) is 2.40. The summed E-state index contributed by atoms with van der Waals surface area (Å²) in [7, 11) is 0. The van der Waals surface area contributed by atoms with Crippen molar-refractivity contribution in [1.29, 1.82) is 0 Å². The number of furan rings is 1. The lowest BCUT2D eigenvalue weighted by molar-refractivity contribution is 0.556. The summed E-state index contributed by atoms with van der Waals surface area (Å²) in [5.74, 6) is 0.914. The van der Waals surface area contributed by atoms with Crippen LogP contribution in [0.2, 0.25) is 0 Å². The summed E-state index contributed by atoms with van der Waals surface area (Å²) in [5.41, 5.74) is 1.26. The predicted molar refractivity (Wildman–Crippen MR) is 46.2 cm³/mol. The van der Waals surface area contributed by atoms with Gasteiger partial charge in [-0.25, -0.2) is 0 Å². The topological polar surface area (TPSA) is 13.1 Å². The van der Waals surface area contributed by atoms with Crippen LogP contribution in [0.4, 0.5) is 0 Å². The zero-order valence-corrected chi connectivity index (χ0v) is 7.39. The first kappa shape index (κ1) is 7.61. The van der Waals surface area contributed by atoms with E-state index in [9.17, 15) is 0 Å². The second-order valence-electron chi connectivity index (χ2n) is 2.14. The van der Waals surface area contributed by atoms with Crippen molar-refractivity contribution in [3.8, 4) is 0 Å². The summed E-state index contributed by atoms with van der Waals surface area (Å²) >= 11 is 3.35. The van der Waals surface area contributed by atoms with Crippen LogP contribution >= 0.6 is 15.9 Å². The van der Waals surface area contributed by atoms with Crippen molar-refractivity contribution in [1.82, 2.24) is 0 Å². The molecule has 0 atom stereocenters. The van der Waals surface area contributed by atoms with Gasteiger partial charge in [-0.2, -0.15) is 0 Å². The first-order chi connectivity index (χ1) is 4.83. The molecule has 1 aromatic rings. The lowest BCUT2D eigenvalue weighted by Crippen LogP contribution is -1.73. The molecule has 0 saturated carbocycles. The molecule has 0 unspecified atom stereocenters. The summed E-state index contributed by atoms with van der Waals surface area (Å²) in [6, 6.07) is 3.82. The molecule has 0 saturated heterocycles. The Morgan fingerprint density at radius 1 is 1.80 bits per heavy atom. The smallest absolute Gasteiger partial charge is 0.126 e. The first-order valence-corrected chi connectivity index (χ1v) is 4.21. The zero-order valence-electron chi connectivity index (χ0n) is 5.80. The minimum atomic E-state index is 0.897. The molecule has 0 aliphatic carbocycles. The van der Waals surface area contributed by atoms with E-state index in [4.69, 9.17) is 4.42 Å². The van der Waals surface area contributed by atoms with Gasteiger partial charge in [0.2, 0.25) is 0 Å². The Balaban J connectivity index is 2.71. The Kier molecular flexibility index (Phi) is 2.75. The molecule has 0 amide bonds. The Morgan fingerprint density at radius 2 is 2.60 bits per heavy atom. The van der Waals surface area contributed by atoms with E-state index in [1.807, 2.05) is 18.2 Å². The SMILES string of the molecule is C/C(=C\c1ccco1)CBr. The van der Waals surface area contributed by atoms with Crippen LogP contribution in [0.3, 0.4) is 0 Å². The molecule has 2 heteroatoms. The van der Waals surface area contributed by atoms with Crippen molar-refractivity contribution < 1.29 is 4.42 Å². The molecule has 1 nitrogen and oxygen atoms in total. The molecular formula is C8H9BrO. The minimum absolute atomic E-state index is 0.897. The third-order valence-electron chi connectivity index (χ3n) is 1.14. The van der Waals surface area contributed by atoms with Gasteiger partial charge in [-0.3, -0.25) is 0 Å². The maximum Gasteiger partial charge on any atom is 0.126 e. The van der Waals surface area contributed by atoms with Crippen LogP contribution in [0.25, 0.3) is 6.08 Å². The molecule has 1 heterocycles. The van der Waals surface area contributed by atoms with E-state index < -0.39 is 0 Å². The molecule has 0 radical (unpaired) electrons. The quantitative estimate of drug-likeness (QED) is 0.670. The van der Waals surface area contributed by atoms with Gasteiger partial charge >= 0.3 is 0 Å². The number of rotatable bonds is 2. The van der Waals surface area contributed by atoms with Gasteiger partial charge in [0.05, 0.1) is 6.26 Å². The van der Waals surface area contributed by atoms with Gasteiger partial charge in [0.1, 0.15) is 5.76 Å². The monoisotopic (exact) mass is 200 g/mol. The van der Waals surface area contributed by atoms with Crippen molar-refractivity contribution >= 4 is 22.0 Å². The fourth-order valence-electron chi connectivity index (χ4n) is 0.655. The first-order valence-electron chi connectivity index (χ1n) is 3.09. The standard InChI is InChI=1S/C8H9BrO/c1-7(6-9)5-8-3-2-4-10-8/h2-5H,6H2,1H3/b7-5+. The maximum atomic E-state index is 5.11. The Hall–Kier alpha value is -0.500. The normalized spacial score (nSPS) is 12.0. The molecule has 1 aromatic heterocycles. The van der Waals surface area contributed by atoms with E-state index in [1.165, 1.54) is 5.57 Å². The highest BCUT2D eigenvalue weighted by Gasteiger charge is 1.89. The van der Waals surface area contributed by atoms with Crippen molar-refractivity contribution in [2.24, 2.45) is 0 Å². The van der Waals surface area contributed by atoms with Crippen LogP contribution in [-0.2, 0) is 0 Å². The molecule has 0 fully saturated rings. The van der Waals surface area contributed by atoms with Crippen molar-refractivity contribution in [2.75, 3.05) is 5.33 Å². The lowest BCUT2D eigenvalue weighted by Gasteiger charge is -1.89. The van der Waals surface area contributed by atoms with Crippen LogP contribution in [0, 0.1) is 0 Å². The summed E-state index contributed by atoms with van der Waals surface area (Å²) in [6.07, 6.45) is 3.68. The molecule has 0 N–H and O–H groups in total. The summed E-state index contributed by atoms with van der Waals surface area (Å²) in [5, 5.41) is 0.897. The Morgan fingerprint density at radius 3 is 3.10 bits per heavy atom. The van der Waals surface area contributed by atoms with Gasteiger partial charge in [-0.05, 0) is 25.1 Å². The number of allylic oxidation sites excluding steroid dienone is 1. The summed E-state index contributed by atoms with van der Waals surface area (Å²) < 4.78 is 5.11. The van der Waals surface area contributed by atoms with Gasteiger partial charge in [-0.1, -0.05) is 21.5 Å². The number of hydrogen-bond donors (Lipinski definition) is 0. The van der Waals surface area contributed by atoms with E-state index in [2.05, 4.69) is 22.9 Å².